The Kier molecular flexibility index (Phi) is 4.98. The van der Waals surface area contributed by atoms with E-state index in [1.807, 2.05) is 6.92 Å². The van der Waals surface area contributed by atoms with E-state index in [-0.39, 0.29) is 11.8 Å². The second kappa shape index (κ2) is 6.59. The number of aryl methyl sites for hydroxylation is 1. The molecule has 2 aromatic carbocycles. The third kappa shape index (κ3) is 3.36. The quantitative estimate of drug-likeness (QED) is 0.562. The second-order valence-corrected chi connectivity index (χ2v) is 8.42. The van der Waals surface area contributed by atoms with Crippen molar-refractivity contribution in [3.63, 3.8) is 0 Å². The molecule has 1 amide bonds. The minimum absolute atomic E-state index is 0.252. The molecule has 0 radical (unpaired) electrons. The van der Waals surface area contributed by atoms with Gasteiger partial charge in [-0.1, -0.05) is 40.9 Å². The highest BCUT2D eigenvalue weighted by Crippen LogP contribution is 2.65. The van der Waals surface area contributed by atoms with E-state index in [9.17, 15) is 4.79 Å². The third-order valence-electron chi connectivity index (χ3n) is 4.06. The topological polar surface area (TPSA) is 29.1 Å². The van der Waals surface area contributed by atoms with E-state index in [2.05, 4.69) is 5.32 Å². The fourth-order valence-electron chi connectivity index (χ4n) is 2.72. The van der Waals surface area contributed by atoms with E-state index in [1.54, 1.807) is 36.4 Å². The van der Waals surface area contributed by atoms with Crippen molar-refractivity contribution in [1.29, 1.82) is 0 Å². The molecule has 0 aromatic heterocycles. The molecule has 2 atom stereocenters. The predicted octanol–water partition coefficient (Wildman–Crippen LogP) is 6.48. The van der Waals surface area contributed by atoms with Gasteiger partial charge < -0.3 is 5.32 Å². The van der Waals surface area contributed by atoms with Crippen molar-refractivity contribution in [1.82, 2.24) is 0 Å². The van der Waals surface area contributed by atoms with Crippen LogP contribution in [0.25, 0.3) is 0 Å². The Morgan fingerprint density at radius 2 is 1.67 bits per heavy atom. The molecule has 0 spiro atoms. The Morgan fingerprint density at radius 1 is 1.00 bits per heavy atom. The van der Waals surface area contributed by atoms with Gasteiger partial charge in [0.05, 0.1) is 16.0 Å². The number of carbonyl (C=O) groups is 1. The maximum absolute atomic E-state index is 12.6. The summed E-state index contributed by atoms with van der Waals surface area (Å²) in [6.07, 6.45) is 0. The average molecular weight is 424 g/mol. The smallest absolute Gasteiger partial charge is 0.231 e. The largest absolute Gasteiger partial charge is 0.326 e. The maximum Gasteiger partial charge on any atom is 0.231 e. The Hall–Kier alpha value is -0.640. The molecule has 2 aromatic rings. The molecule has 1 fully saturated rings. The summed E-state index contributed by atoms with van der Waals surface area (Å²) < 4.78 is -1.18. The number of anilines is 1. The number of rotatable bonds is 3. The van der Waals surface area contributed by atoms with Gasteiger partial charge in [-0.15, -0.1) is 23.2 Å². The zero-order chi connectivity index (χ0) is 17.6. The maximum atomic E-state index is 12.6. The second-order valence-electron chi connectivity index (χ2n) is 5.76. The summed E-state index contributed by atoms with van der Waals surface area (Å²) in [6, 6.07) is 10.4. The van der Waals surface area contributed by atoms with Gasteiger partial charge in [-0.3, -0.25) is 4.79 Å². The SMILES string of the molecule is Cc1cc(NC(=O)C2C(c3ccc(Cl)c(Cl)c3)C2(Cl)Cl)ccc1Cl. The molecule has 126 valence electrons. The normalized spacial score (nSPS) is 21.4. The number of nitrogens with one attached hydrogen (secondary N) is 1. The van der Waals surface area contributed by atoms with Gasteiger partial charge in [0, 0.05) is 16.6 Å². The van der Waals surface area contributed by atoms with Gasteiger partial charge >= 0.3 is 0 Å². The Bertz CT molecular complexity index is 821. The number of carbonyl (C=O) groups excluding carboxylic acids is 1. The van der Waals surface area contributed by atoms with E-state index in [0.29, 0.717) is 20.8 Å². The summed E-state index contributed by atoms with van der Waals surface area (Å²) in [5, 5.41) is 4.30. The Balaban J connectivity index is 1.79. The van der Waals surface area contributed by atoms with Crippen LogP contribution in [0.1, 0.15) is 17.0 Å². The standard InChI is InChI=1S/C17H12Cl5NO/c1-8-6-10(3-5-11(8)18)23-16(24)15-14(17(15,21)22)9-2-4-12(19)13(20)7-9/h2-7,14-15H,1H3,(H,23,24). The van der Waals surface area contributed by atoms with Gasteiger partial charge in [-0.2, -0.15) is 0 Å². The highest BCUT2D eigenvalue weighted by molar-refractivity contribution is 6.53. The Labute approximate surface area is 165 Å². The van der Waals surface area contributed by atoms with Crippen LogP contribution in [0, 0.1) is 12.8 Å². The lowest BCUT2D eigenvalue weighted by molar-refractivity contribution is -0.117. The fourth-order valence-corrected chi connectivity index (χ4v) is 3.97. The molecule has 0 bridgehead atoms. The van der Waals surface area contributed by atoms with Crippen molar-refractivity contribution in [2.45, 2.75) is 17.2 Å². The molecular weight excluding hydrogens is 411 g/mol. The van der Waals surface area contributed by atoms with Crippen molar-refractivity contribution in [3.8, 4) is 0 Å². The van der Waals surface area contributed by atoms with Gasteiger partial charge in [0.25, 0.3) is 0 Å². The molecule has 1 N–H and O–H groups in total. The highest BCUT2D eigenvalue weighted by Gasteiger charge is 2.67. The van der Waals surface area contributed by atoms with Crippen LogP contribution in [0.5, 0.6) is 0 Å². The molecule has 24 heavy (non-hydrogen) atoms. The predicted molar refractivity (Wildman–Crippen MR) is 102 cm³/mol. The van der Waals surface area contributed by atoms with Gasteiger partial charge in [-0.25, -0.2) is 0 Å². The average Bonchev–Trinajstić information content (AvgIpc) is 3.08. The lowest BCUT2D eigenvalue weighted by Gasteiger charge is -2.07. The summed E-state index contributed by atoms with van der Waals surface area (Å²) in [4.78, 5) is 12.6. The van der Waals surface area contributed by atoms with Crippen LogP contribution < -0.4 is 5.32 Å². The molecule has 2 nitrogen and oxygen atoms in total. The number of halogens is 5. The van der Waals surface area contributed by atoms with E-state index >= 15 is 0 Å². The molecule has 0 saturated heterocycles. The molecular formula is C17H12Cl5NO. The molecule has 7 heteroatoms. The van der Waals surface area contributed by atoms with Gasteiger partial charge in [-0.05, 0) is 48.4 Å². The van der Waals surface area contributed by atoms with Crippen molar-refractivity contribution < 1.29 is 4.79 Å². The summed E-state index contributed by atoms with van der Waals surface area (Å²) in [5.74, 6) is -1.17. The third-order valence-corrected chi connectivity index (χ3v) is 6.17. The molecule has 0 aliphatic heterocycles. The molecule has 1 aliphatic rings. The first-order chi connectivity index (χ1) is 11.2. The molecule has 3 rings (SSSR count). The van der Waals surface area contributed by atoms with E-state index in [0.717, 1.165) is 11.1 Å². The number of hydrogen-bond acceptors (Lipinski definition) is 1. The van der Waals surface area contributed by atoms with Gasteiger partial charge in [0.15, 0.2) is 0 Å². The van der Waals surface area contributed by atoms with E-state index in [1.165, 1.54) is 0 Å². The summed E-state index contributed by atoms with van der Waals surface area (Å²) >= 11 is 30.6. The highest BCUT2D eigenvalue weighted by atomic mass is 35.5. The summed E-state index contributed by atoms with van der Waals surface area (Å²) in [7, 11) is 0. The summed E-state index contributed by atoms with van der Waals surface area (Å²) in [5.41, 5.74) is 2.29. The van der Waals surface area contributed by atoms with Crippen LogP contribution in [0.2, 0.25) is 15.1 Å². The number of alkyl halides is 2. The lowest BCUT2D eigenvalue weighted by atomic mass is 10.1. The minimum atomic E-state index is -1.18. The van der Waals surface area contributed by atoms with Crippen molar-refractivity contribution in [3.05, 3.63) is 62.6 Å². The van der Waals surface area contributed by atoms with Crippen LogP contribution >= 0.6 is 58.0 Å². The van der Waals surface area contributed by atoms with Gasteiger partial charge in [0.1, 0.15) is 4.33 Å². The molecule has 0 heterocycles. The monoisotopic (exact) mass is 421 g/mol. The zero-order valence-electron chi connectivity index (χ0n) is 12.4. The molecule has 1 aliphatic carbocycles. The first kappa shape index (κ1) is 18.2. The first-order valence-corrected chi connectivity index (χ1v) is 9.00. The number of benzene rings is 2. The first-order valence-electron chi connectivity index (χ1n) is 7.11. The van der Waals surface area contributed by atoms with E-state index < -0.39 is 10.3 Å². The Morgan fingerprint density at radius 3 is 2.29 bits per heavy atom. The fraction of sp³-hybridized carbons (Fsp3) is 0.235. The van der Waals surface area contributed by atoms with Crippen molar-refractivity contribution in [2.24, 2.45) is 5.92 Å². The van der Waals surface area contributed by atoms with Gasteiger partial charge in [0.2, 0.25) is 5.91 Å². The van der Waals surface area contributed by atoms with Crippen LogP contribution in [0.4, 0.5) is 5.69 Å². The summed E-state index contributed by atoms with van der Waals surface area (Å²) in [6.45, 7) is 1.86. The van der Waals surface area contributed by atoms with Crippen LogP contribution in [-0.4, -0.2) is 10.2 Å². The van der Waals surface area contributed by atoms with Crippen LogP contribution in [-0.2, 0) is 4.79 Å². The number of amides is 1. The zero-order valence-corrected chi connectivity index (χ0v) is 16.2. The molecule has 2 unspecified atom stereocenters. The minimum Gasteiger partial charge on any atom is -0.326 e. The van der Waals surface area contributed by atoms with Crippen molar-refractivity contribution in [2.75, 3.05) is 5.32 Å². The van der Waals surface area contributed by atoms with Crippen LogP contribution in [0.3, 0.4) is 0 Å². The number of hydrogen-bond donors (Lipinski definition) is 1. The van der Waals surface area contributed by atoms with Crippen molar-refractivity contribution >= 4 is 69.6 Å². The lowest BCUT2D eigenvalue weighted by Crippen LogP contribution is -2.17. The molecule has 1 saturated carbocycles. The van der Waals surface area contributed by atoms with Crippen LogP contribution in [0.15, 0.2) is 36.4 Å². The van der Waals surface area contributed by atoms with E-state index in [4.69, 9.17) is 58.0 Å².